The number of aromatic carboxylic acids is 1. The van der Waals surface area contributed by atoms with Gasteiger partial charge in [-0.1, -0.05) is 19.1 Å². The van der Waals surface area contributed by atoms with Crippen LogP contribution in [0.25, 0.3) is 0 Å². The fourth-order valence-corrected chi connectivity index (χ4v) is 2.56. The van der Waals surface area contributed by atoms with Crippen LogP contribution in [0.5, 0.6) is 0 Å². The number of aromatic nitrogens is 4. The summed E-state index contributed by atoms with van der Waals surface area (Å²) in [7, 11) is 0. The minimum atomic E-state index is -1.04. The highest BCUT2D eigenvalue weighted by Crippen LogP contribution is 2.20. The number of carboxylic acid groups (broad SMARTS) is 1. The minimum absolute atomic E-state index is 0.0336. The van der Waals surface area contributed by atoms with Gasteiger partial charge in [0, 0.05) is 11.1 Å². The minimum Gasteiger partial charge on any atom is -0.476 e. The highest BCUT2D eigenvalue weighted by molar-refractivity contribution is 7.11. The van der Waals surface area contributed by atoms with E-state index in [1.165, 1.54) is 0 Å². The molecule has 2 heterocycles. The van der Waals surface area contributed by atoms with E-state index in [-0.39, 0.29) is 11.6 Å². The molecule has 0 aliphatic rings. The Bertz CT molecular complexity index is 573. The number of hydrogen-bond donors (Lipinski definition) is 1. The molecule has 0 saturated carbocycles. The van der Waals surface area contributed by atoms with Crippen LogP contribution in [-0.2, 0) is 6.54 Å². The third-order valence-electron chi connectivity index (χ3n) is 2.50. The summed E-state index contributed by atoms with van der Waals surface area (Å²) in [5, 5.41) is 17.7. The van der Waals surface area contributed by atoms with Gasteiger partial charge in [-0.2, -0.15) is 0 Å². The van der Waals surface area contributed by atoms with Crippen molar-refractivity contribution in [2.24, 2.45) is 0 Å². The van der Waals surface area contributed by atoms with E-state index in [0.29, 0.717) is 12.2 Å². The first kappa shape index (κ1) is 12.7. The highest BCUT2D eigenvalue weighted by atomic mass is 32.1. The third-order valence-corrected chi connectivity index (χ3v) is 3.40. The van der Waals surface area contributed by atoms with Crippen LogP contribution in [0.1, 0.15) is 45.8 Å². The maximum atomic E-state index is 11.1. The number of carboxylic acids is 1. The van der Waals surface area contributed by atoms with Crippen molar-refractivity contribution in [3.8, 4) is 0 Å². The van der Waals surface area contributed by atoms with Crippen molar-refractivity contribution in [2.75, 3.05) is 0 Å². The lowest BCUT2D eigenvalue weighted by Crippen LogP contribution is -2.10. The summed E-state index contributed by atoms with van der Waals surface area (Å²) in [4.78, 5) is 16.3. The average Bonchev–Trinajstić information content (AvgIpc) is 2.85. The molecule has 18 heavy (non-hydrogen) atoms. The number of aryl methyl sites for hydroxylation is 1. The highest BCUT2D eigenvalue weighted by Gasteiger charge is 2.21. The van der Waals surface area contributed by atoms with Crippen molar-refractivity contribution < 1.29 is 9.90 Å². The Morgan fingerprint density at radius 3 is 2.78 bits per heavy atom. The normalized spacial score (nSPS) is 11.1. The van der Waals surface area contributed by atoms with Gasteiger partial charge >= 0.3 is 5.97 Å². The van der Waals surface area contributed by atoms with Gasteiger partial charge in [-0.25, -0.2) is 14.5 Å². The molecule has 0 bridgehead atoms. The largest absolute Gasteiger partial charge is 0.476 e. The molecular formula is C11H14N4O2S. The summed E-state index contributed by atoms with van der Waals surface area (Å²) in [6.45, 7) is 6.31. The Kier molecular flexibility index (Phi) is 3.42. The topological polar surface area (TPSA) is 80.9 Å². The van der Waals surface area contributed by atoms with Gasteiger partial charge in [0.15, 0.2) is 5.69 Å². The van der Waals surface area contributed by atoms with E-state index in [9.17, 15) is 4.79 Å². The van der Waals surface area contributed by atoms with Gasteiger partial charge in [0.25, 0.3) is 0 Å². The molecule has 1 N–H and O–H groups in total. The Morgan fingerprint density at radius 2 is 2.28 bits per heavy atom. The predicted octanol–water partition coefficient (Wildman–Crippen LogP) is 1.91. The molecular weight excluding hydrogens is 252 g/mol. The zero-order chi connectivity index (χ0) is 13.3. The molecule has 2 rings (SSSR count). The van der Waals surface area contributed by atoms with Crippen LogP contribution in [0.15, 0.2) is 6.20 Å². The molecule has 0 unspecified atom stereocenters. The van der Waals surface area contributed by atoms with Crippen molar-refractivity contribution in [2.45, 2.75) is 33.2 Å². The summed E-state index contributed by atoms with van der Waals surface area (Å²) in [5.74, 6) is -0.981. The number of thiazole rings is 1. The molecule has 0 atom stereocenters. The van der Waals surface area contributed by atoms with E-state index in [0.717, 1.165) is 9.88 Å². The monoisotopic (exact) mass is 266 g/mol. The Hall–Kier alpha value is -1.76. The number of nitrogens with zero attached hydrogens (tertiary/aromatic N) is 4. The quantitative estimate of drug-likeness (QED) is 0.914. The molecule has 0 saturated heterocycles. The molecule has 0 radical (unpaired) electrons. The molecule has 7 heteroatoms. The molecule has 0 aromatic carbocycles. The number of hydrogen-bond acceptors (Lipinski definition) is 5. The fourth-order valence-electron chi connectivity index (χ4n) is 1.79. The zero-order valence-electron chi connectivity index (χ0n) is 10.4. The molecule has 2 aromatic heterocycles. The van der Waals surface area contributed by atoms with Gasteiger partial charge in [0.05, 0.1) is 17.2 Å². The first-order valence-corrected chi connectivity index (χ1v) is 6.38. The third kappa shape index (κ3) is 2.40. The second-order valence-corrected chi connectivity index (χ2v) is 5.61. The lowest BCUT2D eigenvalue weighted by Gasteiger charge is -2.08. The average molecular weight is 266 g/mol. The van der Waals surface area contributed by atoms with Crippen molar-refractivity contribution in [3.63, 3.8) is 0 Å². The number of rotatable bonds is 4. The van der Waals surface area contributed by atoms with Crippen molar-refractivity contribution in [1.82, 2.24) is 20.0 Å². The maximum absolute atomic E-state index is 11.1. The maximum Gasteiger partial charge on any atom is 0.358 e. The van der Waals surface area contributed by atoms with Crippen LogP contribution in [0.4, 0.5) is 0 Å². The van der Waals surface area contributed by atoms with Gasteiger partial charge in [-0.05, 0) is 12.8 Å². The summed E-state index contributed by atoms with van der Waals surface area (Å²) in [5.41, 5.74) is 0.680. The summed E-state index contributed by atoms with van der Waals surface area (Å²) in [6.07, 6.45) is 1.78. The van der Waals surface area contributed by atoms with Crippen molar-refractivity contribution in [3.05, 3.63) is 27.5 Å². The molecule has 96 valence electrons. The van der Waals surface area contributed by atoms with Gasteiger partial charge in [-0.3, -0.25) is 0 Å². The van der Waals surface area contributed by atoms with E-state index in [1.807, 2.05) is 20.8 Å². The lowest BCUT2D eigenvalue weighted by atomic mass is 10.1. The zero-order valence-corrected chi connectivity index (χ0v) is 11.2. The molecule has 0 aliphatic heterocycles. The first-order chi connectivity index (χ1) is 8.49. The summed E-state index contributed by atoms with van der Waals surface area (Å²) >= 11 is 1.57. The molecule has 2 aromatic rings. The van der Waals surface area contributed by atoms with Crippen molar-refractivity contribution in [1.29, 1.82) is 0 Å². The summed E-state index contributed by atoms with van der Waals surface area (Å²) in [6, 6.07) is 0. The van der Waals surface area contributed by atoms with Gasteiger partial charge in [0.1, 0.15) is 0 Å². The SMILES string of the molecule is Cc1ncc(Cn2nnc(C(=O)O)c2C(C)C)s1. The van der Waals surface area contributed by atoms with E-state index in [2.05, 4.69) is 15.3 Å². The Labute approximate surface area is 108 Å². The van der Waals surface area contributed by atoms with Crippen LogP contribution in [-0.4, -0.2) is 31.1 Å². The molecule has 0 spiro atoms. The number of carbonyl (C=O) groups is 1. The van der Waals surface area contributed by atoms with E-state index in [4.69, 9.17) is 5.11 Å². The molecule has 0 amide bonds. The van der Waals surface area contributed by atoms with Crippen molar-refractivity contribution >= 4 is 17.3 Å². The van der Waals surface area contributed by atoms with Crippen LogP contribution in [0, 0.1) is 6.92 Å². The second kappa shape index (κ2) is 4.85. The van der Waals surface area contributed by atoms with Crippen LogP contribution in [0.2, 0.25) is 0 Å². The van der Waals surface area contributed by atoms with Crippen LogP contribution < -0.4 is 0 Å². The fraction of sp³-hybridized carbons (Fsp3) is 0.455. The standard InChI is InChI=1S/C11H14N4O2S/c1-6(2)10-9(11(16)17)13-14-15(10)5-8-4-12-7(3)18-8/h4,6H,5H2,1-3H3,(H,16,17). The molecule has 0 aliphatic carbocycles. The van der Waals surface area contributed by atoms with E-state index >= 15 is 0 Å². The predicted molar refractivity (Wildman–Crippen MR) is 67.0 cm³/mol. The van der Waals surface area contributed by atoms with E-state index < -0.39 is 5.97 Å². The van der Waals surface area contributed by atoms with Gasteiger partial charge in [-0.15, -0.1) is 16.4 Å². The molecule has 0 fully saturated rings. The lowest BCUT2D eigenvalue weighted by molar-refractivity contribution is 0.0688. The first-order valence-electron chi connectivity index (χ1n) is 5.57. The second-order valence-electron chi connectivity index (χ2n) is 4.29. The van der Waals surface area contributed by atoms with E-state index in [1.54, 1.807) is 22.2 Å². The van der Waals surface area contributed by atoms with Crippen LogP contribution in [0.3, 0.4) is 0 Å². The van der Waals surface area contributed by atoms with Crippen LogP contribution >= 0.6 is 11.3 Å². The summed E-state index contributed by atoms with van der Waals surface area (Å²) < 4.78 is 1.64. The Morgan fingerprint density at radius 1 is 1.56 bits per heavy atom. The molecule has 6 nitrogen and oxygen atoms in total. The van der Waals surface area contributed by atoms with Gasteiger partial charge < -0.3 is 5.11 Å². The van der Waals surface area contributed by atoms with Gasteiger partial charge in [0.2, 0.25) is 0 Å². The smallest absolute Gasteiger partial charge is 0.358 e. The Balaban J connectivity index is 2.36.